The summed E-state index contributed by atoms with van der Waals surface area (Å²) in [7, 11) is 0. The number of benzene rings is 11. The molecule has 2 nitrogen and oxygen atoms in total. The Morgan fingerprint density at radius 3 is 1.35 bits per heavy atom. The highest BCUT2D eigenvalue weighted by Gasteiger charge is 2.47. The first kappa shape index (κ1) is 51.8. The van der Waals surface area contributed by atoms with E-state index >= 15 is 0 Å². The van der Waals surface area contributed by atoms with Gasteiger partial charge in [-0.2, -0.15) is 0 Å². The maximum absolute atomic E-state index is 5.84. The number of fused-ring (bicyclic) bond motifs is 11. The van der Waals surface area contributed by atoms with Crippen LogP contribution in [0.1, 0.15) is 87.9 Å². The minimum absolute atomic E-state index is 0.325. The topological polar surface area (TPSA) is 26.3 Å². The lowest BCUT2D eigenvalue weighted by Gasteiger charge is -2.34. The van der Waals surface area contributed by atoms with Crippen LogP contribution in [0.5, 0.6) is 0 Å². The minimum Gasteiger partial charge on any atom is -0.456 e. The summed E-state index contributed by atoms with van der Waals surface area (Å²) in [5.41, 5.74) is 21.1. The monoisotopic (exact) mass is 1000 g/mol. The normalized spacial score (nSPS) is 11.9. The quantitative estimate of drug-likeness (QED) is 0.176. The Morgan fingerprint density at radius 2 is 0.818 bits per heavy atom. The molecule has 0 bridgehead atoms. The van der Waals surface area contributed by atoms with Crippen molar-refractivity contribution in [2.24, 2.45) is 0 Å². The first-order valence-electron chi connectivity index (χ1n) is 27.2. The van der Waals surface area contributed by atoms with E-state index in [-0.39, 0.29) is 5.41 Å². The van der Waals surface area contributed by atoms with Crippen molar-refractivity contribution >= 4 is 54.6 Å². The average Bonchev–Trinajstić information content (AvgIpc) is 4.31. The van der Waals surface area contributed by atoms with Crippen LogP contribution < -0.4 is 0 Å². The van der Waals surface area contributed by atoms with E-state index in [1.807, 2.05) is 54.6 Å². The number of rotatable bonds is 4. The van der Waals surface area contributed by atoms with Crippen LogP contribution in [0.2, 0.25) is 0 Å². The van der Waals surface area contributed by atoms with Gasteiger partial charge in [-0.05, 0) is 132 Å². The van der Waals surface area contributed by atoms with Gasteiger partial charge in [-0.1, -0.05) is 267 Å². The van der Waals surface area contributed by atoms with Crippen molar-refractivity contribution in [2.45, 2.75) is 73.1 Å². The summed E-state index contributed by atoms with van der Waals surface area (Å²) in [5, 5.41) is 7.68. The molecule has 1 aliphatic rings. The molecule has 1 aliphatic carbocycles. The van der Waals surface area contributed by atoms with Gasteiger partial charge in [0.15, 0.2) is 0 Å². The van der Waals surface area contributed by atoms with Gasteiger partial charge in [0.1, 0.15) is 22.3 Å². The highest BCUT2D eigenvalue weighted by molar-refractivity contribution is 6.08. The van der Waals surface area contributed by atoms with Crippen molar-refractivity contribution in [3.05, 3.63) is 310 Å². The van der Waals surface area contributed by atoms with Crippen molar-refractivity contribution in [1.82, 2.24) is 0 Å². The Labute approximate surface area is 455 Å². The fraction of sp³-hybridized carbons (Fsp3) is 0.147. The summed E-state index contributed by atoms with van der Waals surface area (Å²) >= 11 is 0. The molecule has 0 aliphatic heterocycles. The molecular weight excluding hydrogens is 933 g/mol. The van der Waals surface area contributed by atoms with Gasteiger partial charge >= 0.3 is 0 Å². The van der Waals surface area contributed by atoms with Gasteiger partial charge in [0, 0.05) is 21.5 Å². The summed E-state index contributed by atoms with van der Waals surface area (Å²) in [6.45, 7) is 17.4. The lowest BCUT2D eigenvalue weighted by Crippen LogP contribution is -2.28. The SMILES string of the molecule is CC(C)c1cccc2oc3ccccc3c12.CCc1cccc2oc3ccccc3c12.Cc1ccc2c(c1)C(c1ccccc1)(c1ccccc1)c1cc(C)c3ccccc3c1-2.Cc1cccc(C)c1.Cc1ccccc1. The van der Waals surface area contributed by atoms with E-state index in [2.05, 4.69) is 250 Å². The van der Waals surface area contributed by atoms with Crippen molar-refractivity contribution in [1.29, 1.82) is 0 Å². The smallest absolute Gasteiger partial charge is 0.135 e. The minimum atomic E-state index is -0.325. The van der Waals surface area contributed by atoms with E-state index in [1.165, 1.54) is 105 Å². The predicted octanol–water partition coefficient (Wildman–Crippen LogP) is 21.0. The van der Waals surface area contributed by atoms with Crippen LogP contribution >= 0.6 is 0 Å². The van der Waals surface area contributed by atoms with Gasteiger partial charge in [-0.15, -0.1) is 0 Å². The van der Waals surface area contributed by atoms with E-state index < -0.39 is 0 Å². The molecule has 380 valence electrons. The molecule has 0 atom stereocenters. The van der Waals surface area contributed by atoms with Crippen LogP contribution in [0.25, 0.3) is 65.8 Å². The highest BCUT2D eigenvalue weighted by Crippen LogP contribution is 2.58. The summed E-state index contributed by atoms with van der Waals surface area (Å²) < 4.78 is 11.6. The third kappa shape index (κ3) is 10.5. The molecule has 2 heteroatoms. The Balaban J connectivity index is 0.000000123. The molecule has 2 aromatic heterocycles. The summed E-state index contributed by atoms with van der Waals surface area (Å²) in [5.74, 6) is 0.518. The molecule has 2 heterocycles. The summed E-state index contributed by atoms with van der Waals surface area (Å²) in [4.78, 5) is 0. The zero-order valence-corrected chi connectivity index (χ0v) is 45.8. The molecule has 13 aromatic rings. The van der Waals surface area contributed by atoms with Gasteiger partial charge < -0.3 is 8.83 Å². The van der Waals surface area contributed by atoms with Crippen molar-refractivity contribution in [2.75, 3.05) is 0 Å². The average molecular weight is 1000 g/mol. The number of furan rings is 2. The molecular formula is C75H68O2. The van der Waals surface area contributed by atoms with E-state index in [0.717, 1.165) is 28.8 Å². The van der Waals surface area contributed by atoms with Crippen LogP contribution in [0.15, 0.2) is 258 Å². The van der Waals surface area contributed by atoms with E-state index in [0.29, 0.717) is 5.92 Å². The lowest BCUT2D eigenvalue weighted by molar-refractivity contribution is 0.668. The number of hydrogen-bond acceptors (Lipinski definition) is 2. The third-order valence-corrected chi connectivity index (χ3v) is 15.0. The van der Waals surface area contributed by atoms with Crippen LogP contribution in [0, 0.1) is 34.6 Å². The fourth-order valence-electron chi connectivity index (χ4n) is 11.4. The Hall–Kier alpha value is -8.72. The summed E-state index contributed by atoms with van der Waals surface area (Å²) in [6.07, 6.45) is 1.04. The maximum atomic E-state index is 5.84. The van der Waals surface area contributed by atoms with Crippen molar-refractivity contribution < 1.29 is 8.83 Å². The first-order chi connectivity index (χ1) is 37.6. The van der Waals surface area contributed by atoms with Crippen LogP contribution in [0.4, 0.5) is 0 Å². The van der Waals surface area contributed by atoms with Gasteiger partial charge in [-0.25, -0.2) is 0 Å². The van der Waals surface area contributed by atoms with Crippen molar-refractivity contribution in [3.63, 3.8) is 0 Å². The first-order valence-corrected chi connectivity index (χ1v) is 27.2. The highest BCUT2D eigenvalue weighted by atomic mass is 16.3. The van der Waals surface area contributed by atoms with E-state index in [4.69, 9.17) is 8.83 Å². The number of hydrogen-bond donors (Lipinski definition) is 0. The second kappa shape index (κ2) is 23.0. The zero-order chi connectivity index (χ0) is 53.5. The van der Waals surface area contributed by atoms with Crippen LogP contribution in [-0.2, 0) is 11.8 Å². The standard InChI is InChI=1S/C31H24.C15H14O.C14H12O.C8H10.C7H8/c1-21-17-18-27-28(19-21)31(23-11-5-3-6-12-23,24-13-7-4-8-14-24)29-20-22(2)25-15-9-10-16-26(25)30(27)29;1-10(2)11-7-5-9-14-15(11)12-6-3-4-8-13(12)16-14;1-2-10-6-5-9-13-14(10)11-7-3-4-8-12(11)15-13;1-7-4-3-5-8(2)6-7;1-7-5-3-2-4-6-7/h3-20H,1-2H3;3-10H,1-2H3;3-9H,2H2,1H3;3-6H,1-2H3;2-6H,1H3. The number of para-hydroxylation sites is 2. The predicted molar refractivity (Wildman–Crippen MR) is 329 cm³/mol. The van der Waals surface area contributed by atoms with E-state index in [1.54, 1.807) is 0 Å². The molecule has 0 spiro atoms. The third-order valence-electron chi connectivity index (χ3n) is 15.0. The molecule has 0 saturated carbocycles. The Bertz CT molecular complexity index is 4040. The van der Waals surface area contributed by atoms with Gasteiger partial charge in [0.2, 0.25) is 0 Å². The maximum Gasteiger partial charge on any atom is 0.135 e. The Morgan fingerprint density at radius 1 is 0.364 bits per heavy atom. The van der Waals surface area contributed by atoms with Gasteiger partial charge in [0.05, 0.1) is 5.41 Å². The van der Waals surface area contributed by atoms with E-state index in [9.17, 15) is 0 Å². The van der Waals surface area contributed by atoms with Crippen LogP contribution in [0.3, 0.4) is 0 Å². The van der Waals surface area contributed by atoms with Gasteiger partial charge in [-0.3, -0.25) is 0 Å². The fourth-order valence-corrected chi connectivity index (χ4v) is 11.4. The molecule has 0 amide bonds. The molecule has 0 unspecified atom stereocenters. The van der Waals surface area contributed by atoms with Crippen LogP contribution in [-0.4, -0.2) is 0 Å². The molecule has 0 N–H and O–H groups in total. The zero-order valence-electron chi connectivity index (χ0n) is 45.8. The molecule has 14 rings (SSSR count). The number of aryl methyl sites for hydroxylation is 6. The molecule has 0 saturated heterocycles. The van der Waals surface area contributed by atoms with Gasteiger partial charge in [0.25, 0.3) is 0 Å². The Kier molecular flexibility index (Phi) is 15.5. The molecule has 0 radical (unpaired) electrons. The van der Waals surface area contributed by atoms with Crippen molar-refractivity contribution in [3.8, 4) is 11.1 Å². The second-order valence-corrected chi connectivity index (χ2v) is 20.7. The largest absolute Gasteiger partial charge is 0.456 e. The second-order valence-electron chi connectivity index (χ2n) is 20.7. The molecule has 11 aromatic carbocycles. The molecule has 77 heavy (non-hydrogen) atoms. The summed E-state index contributed by atoms with van der Waals surface area (Å²) in [6, 6.07) is 88.1. The molecule has 0 fully saturated rings. The lowest BCUT2D eigenvalue weighted by atomic mass is 9.67.